The van der Waals surface area contributed by atoms with E-state index in [0.717, 1.165) is 13.0 Å². The average Bonchev–Trinajstić information content (AvgIpc) is 3.13. The Labute approximate surface area is 96.9 Å². The summed E-state index contributed by atoms with van der Waals surface area (Å²) in [6, 6.07) is 0. The molecule has 0 aromatic rings. The van der Waals surface area contributed by atoms with Crippen molar-refractivity contribution in [1.29, 1.82) is 0 Å². The first kappa shape index (κ1) is 14.0. The van der Waals surface area contributed by atoms with Gasteiger partial charge in [0.25, 0.3) is 0 Å². The summed E-state index contributed by atoms with van der Waals surface area (Å²) in [5.74, 6) is 0. The summed E-state index contributed by atoms with van der Waals surface area (Å²) in [7, 11) is -0.715. The van der Waals surface area contributed by atoms with Crippen LogP contribution in [-0.4, -0.2) is 60.1 Å². The zero-order chi connectivity index (χ0) is 12.0. The number of rotatable bonds is 9. The Hall–Kier alpha value is -0.0231. The maximum Gasteiger partial charge on any atom is 0.676 e. The molecule has 2 unspecified atom stereocenters. The second-order valence-electron chi connectivity index (χ2n) is 3.56. The summed E-state index contributed by atoms with van der Waals surface area (Å²) in [6.07, 6.45) is 0.952. The van der Waals surface area contributed by atoms with Crippen LogP contribution in [0.25, 0.3) is 0 Å². The second kappa shape index (κ2) is 6.65. The van der Waals surface area contributed by atoms with Gasteiger partial charge in [0.05, 0.1) is 25.9 Å². The van der Waals surface area contributed by atoms with Gasteiger partial charge in [-0.15, -0.1) is 0 Å². The molecule has 2 atom stereocenters. The molecule has 1 N–H and O–H groups in total. The lowest BCUT2D eigenvalue weighted by atomic mass is 10.3. The van der Waals surface area contributed by atoms with Gasteiger partial charge in [0, 0.05) is 14.2 Å². The van der Waals surface area contributed by atoms with Gasteiger partial charge in [0.2, 0.25) is 0 Å². The van der Waals surface area contributed by atoms with E-state index in [1.54, 1.807) is 0 Å². The molecule has 7 heteroatoms. The molecule has 0 aliphatic carbocycles. The summed E-state index contributed by atoms with van der Waals surface area (Å²) >= 11 is 0. The number of hydrogen-bond acceptors (Lipinski definition) is 6. The molecule has 0 spiro atoms. The van der Waals surface area contributed by atoms with Gasteiger partial charge < -0.3 is 27.5 Å². The topological polar surface area (TPSA) is 69.7 Å². The molecule has 0 radical (unpaired) electrons. The fraction of sp³-hybridized carbons (Fsp3) is 1.00. The lowest BCUT2D eigenvalue weighted by molar-refractivity contribution is -0.0373. The van der Waals surface area contributed by atoms with Crippen LogP contribution >= 0.6 is 0 Å². The van der Waals surface area contributed by atoms with E-state index in [1.165, 1.54) is 14.2 Å². The van der Waals surface area contributed by atoms with Crippen molar-refractivity contribution >= 4 is 9.05 Å². The van der Waals surface area contributed by atoms with Crippen molar-refractivity contribution < 1.29 is 27.5 Å². The SMILES string of the molecule is CCC(CO[Si](O)(OC)OC)OCC1CO1. The van der Waals surface area contributed by atoms with Crippen molar-refractivity contribution in [2.24, 2.45) is 0 Å². The molecule has 6 nitrogen and oxygen atoms in total. The van der Waals surface area contributed by atoms with Gasteiger partial charge in [-0.1, -0.05) is 6.92 Å². The predicted molar refractivity (Wildman–Crippen MR) is 57.7 cm³/mol. The summed E-state index contributed by atoms with van der Waals surface area (Å²) in [4.78, 5) is 9.65. The maximum absolute atomic E-state index is 9.65. The maximum atomic E-state index is 9.65. The molecule has 16 heavy (non-hydrogen) atoms. The van der Waals surface area contributed by atoms with Gasteiger partial charge in [-0.25, -0.2) is 0 Å². The first-order chi connectivity index (χ1) is 7.63. The van der Waals surface area contributed by atoms with Crippen LogP contribution in [0.4, 0.5) is 0 Å². The Morgan fingerprint density at radius 2 is 2.06 bits per heavy atom. The Balaban J connectivity index is 2.20. The van der Waals surface area contributed by atoms with E-state index >= 15 is 0 Å². The molecule has 1 rings (SSSR count). The van der Waals surface area contributed by atoms with Crippen LogP contribution in [0.3, 0.4) is 0 Å². The quantitative estimate of drug-likeness (QED) is 0.457. The molecule has 1 heterocycles. The minimum Gasteiger partial charge on any atom is -0.373 e. The van der Waals surface area contributed by atoms with E-state index in [4.69, 9.17) is 22.8 Å². The number of ether oxygens (including phenoxy) is 2. The van der Waals surface area contributed by atoms with Crippen molar-refractivity contribution in [2.45, 2.75) is 25.6 Å². The zero-order valence-electron chi connectivity index (χ0n) is 9.97. The smallest absolute Gasteiger partial charge is 0.373 e. The zero-order valence-corrected chi connectivity index (χ0v) is 11.0. The standard InChI is InChI=1S/C9H20O6Si/c1-4-8(13-5-9-6-14-9)7-15-16(10,11-2)12-3/h8-10H,4-7H2,1-3H3. The molecule has 1 aliphatic heterocycles. The lowest BCUT2D eigenvalue weighted by Gasteiger charge is -2.22. The third-order valence-electron chi connectivity index (χ3n) is 2.34. The van der Waals surface area contributed by atoms with E-state index in [0.29, 0.717) is 6.61 Å². The lowest BCUT2D eigenvalue weighted by Crippen LogP contribution is -2.46. The summed E-state index contributed by atoms with van der Waals surface area (Å²) in [5, 5.41) is 0. The molecule has 1 aliphatic rings. The molecule has 1 fully saturated rings. The van der Waals surface area contributed by atoms with Crippen LogP contribution in [0, 0.1) is 0 Å². The first-order valence-electron chi connectivity index (χ1n) is 5.33. The highest BCUT2D eigenvalue weighted by atomic mass is 28.4. The van der Waals surface area contributed by atoms with Gasteiger partial charge in [-0.3, -0.25) is 0 Å². The van der Waals surface area contributed by atoms with E-state index in [9.17, 15) is 4.80 Å². The molecule has 0 amide bonds. The normalized spacial score (nSPS) is 22.1. The Morgan fingerprint density at radius 3 is 2.50 bits per heavy atom. The largest absolute Gasteiger partial charge is 0.676 e. The van der Waals surface area contributed by atoms with Gasteiger partial charge in [0.15, 0.2) is 0 Å². The summed E-state index contributed by atoms with van der Waals surface area (Å²) in [6.45, 7) is 3.59. The van der Waals surface area contributed by atoms with Crippen molar-refractivity contribution in [1.82, 2.24) is 0 Å². The highest BCUT2D eigenvalue weighted by Gasteiger charge is 2.39. The fourth-order valence-corrected chi connectivity index (χ4v) is 1.89. The van der Waals surface area contributed by atoms with Crippen molar-refractivity contribution in [2.75, 3.05) is 34.0 Å². The Bertz CT molecular complexity index is 194. The number of epoxide rings is 1. The van der Waals surface area contributed by atoms with E-state index in [2.05, 4.69) is 0 Å². The fourth-order valence-electron chi connectivity index (χ4n) is 1.09. The highest BCUT2D eigenvalue weighted by molar-refractivity contribution is 6.51. The van der Waals surface area contributed by atoms with Crippen LogP contribution in [0.2, 0.25) is 0 Å². The van der Waals surface area contributed by atoms with Gasteiger partial charge in [0.1, 0.15) is 6.10 Å². The molecule has 0 saturated carbocycles. The second-order valence-corrected chi connectivity index (χ2v) is 5.71. The van der Waals surface area contributed by atoms with Crippen molar-refractivity contribution in [3.8, 4) is 0 Å². The minimum atomic E-state index is -3.43. The summed E-state index contributed by atoms with van der Waals surface area (Å²) < 4.78 is 25.4. The average molecular weight is 252 g/mol. The Morgan fingerprint density at radius 1 is 1.44 bits per heavy atom. The molecule has 96 valence electrons. The van der Waals surface area contributed by atoms with Crippen molar-refractivity contribution in [3.63, 3.8) is 0 Å². The number of hydrogen-bond donors (Lipinski definition) is 1. The van der Waals surface area contributed by atoms with Crippen molar-refractivity contribution in [3.05, 3.63) is 0 Å². The van der Waals surface area contributed by atoms with Crippen LogP contribution in [0.1, 0.15) is 13.3 Å². The molecule has 1 saturated heterocycles. The first-order valence-corrected chi connectivity index (χ1v) is 7.00. The van der Waals surface area contributed by atoms with E-state index in [1.807, 2.05) is 6.92 Å². The van der Waals surface area contributed by atoms with Crippen LogP contribution in [0.15, 0.2) is 0 Å². The van der Waals surface area contributed by atoms with Gasteiger partial charge in [-0.2, -0.15) is 0 Å². The minimum absolute atomic E-state index is 0.0754. The van der Waals surface area contributed by atoms with Crippen LogP contribution in [0.5, 0.6) is 0 Å². The van der Waals surface area contributed by atoms with Crippen LogP contribution < -0.4 is 0 Å². The van der Waals surface area contributed by atoms with Crippen LogP contribution in [-0.2, 0) is 22.8 Å². The van der Waals surface area contributed by atoms with E-state index < -0.39 is 9.05 Å². The third kappa shape index (κ3) is 4.87. The molecule has 0 aromatic heterocycles. The predicted octanol–water partition coefficient (Wildman–Crippen LogP) is -0.0823. The van der Waals surface area contributed by atoms with Gasteiger partial charge >= 0.3 is 9.05 Å². The molecule has 0 aromatic carbocycles. The van der Waals surface area contributed by atoms with Gasteiger partial charge in [-0.05, 0) is 6.42 Å². The molecular formula is C9H20O6Si. The third-order valence-corrected chi connectivity index (χ3v) is 3.91. The monoisotopic (exact) mass is 252 g/mol. The van der Waals surface area contributed by atoms with E-state index in [-0.39, 0.29) is 18.8 Å². The summed E-state index contributed by atoms with van der Waals surface area (Å²) in [5.41, 5.74) is 0. The molecule has 0 bridgehead atoms. The highest BCUT2D eigenvalue weighted by Crippen LogP contribution is 2.12. The molecular weight excluding hydrogens is 232 g/mol. The Kier molecular flexibility index (Phi) is 5.83.